The van der Waals surface area contributed by atoms with Crippen molar-refractivity contribution in [1.29, 1.82) is 0 Å². The van der Waals surface area contributed by atoms with Gasteiger partial charge in [-0.15, -0.1) is 0 Å². The van der Waals surface area contributed by atoms with Gasteiger partial charge in [0.1, 0.15) is 0 Å². The SMILES string of the molecule is C=C(CNC1CCCC1)C(=O)OCC. The van der Waals surface area contributed by atoms with E-state index in [-0.39, 0.29) is 5.97 Å². The van der Waals surface area contributed by atoms with Crippen molar-refractivity contribution in [2.75, 3.05) is 13.2 Å². The highest BCUT2D eigenvalue weighted by Crippen LogP contribution is 2.17. The number of carbonyl (C=O) groups is 1. The topological polar surface area (TPSA) is 38.3 Å². The lowest BCUT2D eigenvalue weighted by Crippen LogP contribution is -2.30. The highest BCUT2D eigenvalue weighted by molar-refractivity contribution is 5.88. The lowest BCUT2D eigenvalue weighted by Gasteiger charge is -2.12. The van der Waals surface area contributed by atoms with Gasteiger partial charge in [0.15, 0.2) is 0 Å². The molecule has 1 N–H and O–H groups in total. The van der Waals surface area contributed by atoms with E-state index in [2.05, 4.69) is 11.9 Å². The molecule has 1 saturated carbocycles. The van der Waals surface area contributed by atoms with Crippen LogP contribution in [0.2, 0.25) is 0 Å². The van der Waals surface area contributed by atoms with E-state index in [1.54, 1.807) is 6.92 Å². The van der Waals surface area contributed by atoms with Crippen molar-refractivity contribution in [3.63, 3.8) is 0 Å². The second-order valence-electron chi connectivity index (χ2n) is 3.69. The van der Waals surface area contributed by atoms with E-state index in [1.807, 2.05) is 0 Å². The molecule has 0 aliphatic heterocycles. The maximum absolute atomic E-state index is 11.2. The highest BCUT2D eigenvalue weighted by Gasteiger charge is 2.15. The van der Waals surface area contributed by atoms with Gasteiger partial charge in [0.25, 0.3) is 0 Å². The minimum Gasteiger partial charge on any atom is -0.463 e. The number of hydrogen-bond acceptors (Lipinski definition) is 3. The van der Waals surface area contributed by atoms with Gasteiger partial charge in [-0.2, -0.15) is 0 Å². The number of esters is 1. The number of nitrogens with one attached hydrogen (secondary N) is 1. The Kier molecular flexibility index (Phi) is 4.66. The molecule has 0 amide bonds. The molecule has 3 nitrogen and oxygen atoms in total. The van der Waals surface area contributed by atoms with E-state index in [4.69, 9.17) is 4.74 Å². The summed E-state index contributed by atoms with van der Waals surface area (Å²) in [6.07, 6.45) is 5.03. The summed E-state index contributed by atoms with van der Waals surface area (Å²) in [7, 11) is 0. The van der Waals surface area contributed by atoms with Crippen LogP contribution in [0.3, 0.4) is 0 Å². The number of rotatable bonds is 5. The van der Waals surface area contributed by atoms with Gasteiger partial charge in [-0.05, 0) is 19.8 Å². The Morgan fingerprint density at radius 3 is 2.71 bits per heavy atom. The van der Waals surface area contributed by atoms with Crippen LogP contribution in [0.1, 0.15) is 32.6 Å². The standard InChI is InChI=1S/C11H19NO2/c1-3-14-11(13)9(2)8-12-10-6-4-5-7-10/h10,12H,2-8H2,1H3. The van der Waals surface area contributed by atoms with Crippen LogP contribution >= 0.6 is 0 Å². The van der Waals surface area contributed by atoms with E-state index < -0.39 is 0 Å². The molecule has 0 unspecified atom stereocenters. The van der Waals surface area contributed by atoms with Crippen molar-refractivity contribution in [3.8, 4) is 0 Å². The molecule has 14 heavy (non-hydrogen) atoms. The zero-order valence-corrected chi connectivity index (χ0v) is 8.84. The average Bonchev–Trinajstić information content (AvgIpc) is 2.67. The summed E-state index contributed by atoms with van der Waals surface area (Å²) in [6, 6.07) is 0.571. The fourth-order valence-electron chi connectivity index (χ4n) is 1.70. The molecule has 3 heteroatoms. The summed E-state index contributed by atoms with van der Waals surface area (Å²) < 4.78 is 4.84. The molecule has 80 valence electrons. The van der Waals surface area contributed by atoms with Gasteiger partial charge < -0.3 is 10.1 Å². The van der Waals surface area contributed by atoms with E-state index >= 15 is 0 Å². The maximum atomic E-state index is 11.2. The molecule has 0 bridgehead atoms. The van der Waals surface area contributed by atoms with E-state index in [0.29, 0.717) is 24.8 Å². The number of hydrogen-bond donors (Lipinski definition) is 1. The van der Waals surface area contributed by atoms with Gasteiger partial charge in [-0.25, -0.2) is 4.79 Å². The average molecular weight is 197 g/mol. The first-order valence-corrected chi connectivity index (χ1v) is 5.32. The fraction of sp³-hybridized carbons (Fsp3) is 0.727. The zero-order chi connectivity index (χ0) is 10.4. The molecule has 0 saturated heterocycles. The fourth-order valence-corrected chi connectivity index (χ4v) is 1.70. The molecular formula is C11H19NO2. The lowest BCUT2D eigenvalue weighted by molar-refractivity contribution is -0.138. The molecule has 0 radical (unpaired) electrons. The van der Waals surface area contributed by atoms with Crippen molar-refractivity contribution in [1.82, 2.24) is 5.32 Å². The van der Waals surface area contributed by atoms with Gasteiger partial charge in [-0.3, -0.25) is 0 Å². The summed E-state index contributed by atoms with van der Waals surface area (Å²) in [6.45, 7) is 6.48. The van der Waals surface area contributed by atoms with Crippen molar-refractivity contribution < 1.29 is 9.53 Å². The lowest BCUT2D eigenvalue weighted by atomic mass is 10.2. The monoisotopic (exact) mass is 197 g/mol. The van der Waals surface area contributed by atoms with Crippen LogP contribution in [-0.2, 0) is 9.53 Å². The third-order valence-corrected chi connectivity index (χ3v) is 2.52. The van der Waals surface area contributed by atoms with Gasteiger partial charge >= 0.3 is 5.97 Å². The number of carbonyl (C=O) groups excluding carboxylic acids is 1. The third kappa shape index (κ3) is 3.50. The molecule has 1 aliphatic rings. The maximum Gasteiger partial charge on any atom is 0.334 e. The first-order valence-electron chi connectivity index (χ1n) is 5.32. The Morgan fingerprint density at radius 2 is 2.14 bits per heavy atom. The predicted molar refractivity (Wildman–Crippen MR) is 56.0 cm³/mol. The van der Waals surface area contributed by atoms with Crippen molar-refractivity contribution in [2.24, 2.45) is 0 Å². The molecule has 1 rings (SSSR count). The number of ether oxygens (including phenoxy) is 1. The molecule has 0 aromatic carbocycles. The Bertz CT molecular complexity index is 207. The summed E-state index contributed by atoms with van der Waals surface area (Å²) in [5.41, 5.74) is 0.527. The minimum atomic E-state index is -0.280. The molecule has 0 aromatic rings. The van der Waals surface area contributed by atoms with Crippen LogP contribution in [0.25, 0.3) is 0 Å². The Morgan fingerprint density at radius 1 is 1.50 bits per heavy atom. The Balaban J connectivity index is 2.16. The van der Waals surface area contributed by atoms with E-state index in [0.717, 1.165) is 0 Å². The van der Waals surface area contributed by atoms with Crippen LogP contribution in [0, 0.1) is 0 Å². The normalized spacial score (nSPS) is 16.9. The van der Waals surface area contributed by atoms with E-state index in [9.17, 15) is 4.79 Å². The largest absolute Gasteiger partial charge is 0.463 e. The summed E-state index contributed by atoms with van der Waals surface area (Å²) in [5.74, 6) is -0.280. The van der Waals surface area contributed by atoms with Crippen molar-refractivity contribution >= 4 is 5.97 Å². The molecular weight excluding hydrogens is 178 g/mol. The summed E-state index contributed by atoms with van der Waals surface area (Å²) >= 11 is 0. The minimum absolute atomic E-state index is 0.280. The molecule has 1 aliphatic carbocycles. The first-order chi connectivity index (χ1) is 6.74. The van der Waals surface area contributed by atoms with Gasteiger partial charge in [-0.1, -0.05) is 19.4 Å². The van der Waals surface area contributed by atoms with Crippen LogP contribution < -0.4 is 5.32 Å². The molecule has 0 heterocycles. The third-order valence-electron chi connectivity index (χ3n) is 2.52. The second kappa shape index (κ2) is 5.81. The molecule has 1 fully saturated rings. The first kappa shape index (κ1) is 11.2. The molecule has 0 atom stereocenters. The van der Waals surface area contributed by atoms with E-state index in [1.165, 1.54) is 25.7 Å². The summed E-state index contributed by atoms with van der Waals surface area (Å²) in [5, 5.41) is 3.32. The Hall–Kier alpha value is -0.830. The Labute approximate surface area is 85.5 Å². The van der Waals surface area contributed by atoms with Gasteiger partial charge in [0, 0.05) is 18.2 Å². The molecule has 0 spiro atoms. The van der Waals surface area contributed by atoms with Crippen LogP contribution in [0.5, 0.6) is 0 Å². The van der Waals surface area contributed by atoms with Gasteiger partial charge in [0.05, 0.1) is 6.61 Å². The van der Waals surface area contributed by atoms with Crippen molar-refractivity contribution in [2.45, 2.75) is 38.6 Å². The van der Waals surface area contributed by atoms with Crippen molar-refractivity contribution in [3.05, 3.63) is 12.2 Å². The van der Waals surface area contributed by atoms with Crippen LogP contribution in [0.4, 0.5) is 0 Å². The highest BCUT2D eigenvalue weighted by atomic mass is 16.5. The van der Waals surface area contributed by atoms with Crippen LogP contribution in [-0.4, -0.2) is 25.2 Å². The second-order valence-corrected chi connectivity index (χ2v) is 3.69. The molecule has 0 aromatic heterocycles. The zero-order valence-electron chi connectivity index (χ0n) is 8.84. The smallest absolute Gasteiger partial charge is 0.334 e. The predicted octanol–water partition coefficient (Wildman–Crippen LogP) is 1.64. The quantitative estimate of drug-likeness (QED) is 0.538. The van der Waals surface area contributed by atoms with Gasteiger partial charge in [0.2, 0.25) is 0 Å². The summed E-state index contributed by atoms with van der Waals surface area (Å²) in [4.78, 5) is 11.2. The van der Waals surface area contributed by atoms with Crippen LogP contribution in [0.15, 0.2) is 12.2 Å².